The van der Waals surface area contributed by atoms with E-state index in [1.807, 2.05) is 6.92 Å². The molecule has 0 amide bonds. The molecule has 1 aliphatic heterocycles. The van der Waals surface area contributed by atoms with Crippen molar-refractivity contribution in [3.8, 4) is 0 Å². The molecule has 6 heteroatoms. The third-order valence-corrected chi connectivity index (χ3v) is 5.06. The van der Waals surface area contributed by atoms with Crippen molar-refractivity contribution < 1.29 is 4.74 Å². The van der Waals surface area contributed by atoms with Crippen molar-refractivity contribution in [2.24, 2.45) is 4.99 Å². The summed E-state index contributed by atoms with van der Waals surface area (Å²) < 4.78 is 5.38. The number of hydrogen-bond acceptors (Lipinski definition) is 4. The molecule has 0 spiro atoms. The minimum absolute atomic E-state index is 0.486. The van der Waals surface area contributed by atoms with Crippen LogP contribution in [0.2, 0.25) is 0 Å². The number of hydrogen-bond donors (Lipinski definition) is 2. The van der Waals surface area contributed by atoms with Gasteiger partial charge in [0.1, 0.15) is 0 Å². The van der Waals surface area contributed by atoms with Crippen LogP contribution in [0.1, 0.15) is 38.3 Å². The van der Waals surface area contributed by atoms with Crippen LogP contribution in [0.25, 0.3) is 0 Å². The van der Waals surface area contributed by atoms with Gasteiger partial charge < -0.3 is 20.3 Å². The van der Waals surface area contributed by atoms with Gasteiger partial charge in [0, 0.05) is 65.1 Å². The molecular weight excluding hydrogens is 350 g/mol. The van der Waals surface area contributed by atoms with Crippen LogP contribution < -0.4 is 10.6 Å². The van der Waals surface area contributed by atoms with E-state index in [4.69, 9.17) is 4.74 Å². The van der Waals surface area contributed by atoms with Gasteiger partial charge in [0.15, 0.2) is 5.96 Å². The molecule has 0 aromatic heterocycles. The van der Waals surface area contributed by atoms with Gasteiger partial charge in [0.25, 0.3) is 0 Å². The summed E-state index contributed by atoms with van der Waals surface area (Å²) >= 11 is 0. The maximum Gasteiger partial charge on any atom is 0.191 e. The second kappa shape index (κ2) is 13.5. The van der Waals surface area contributed by atoms with E-state index in [0.29, 0.717) is 6.04 Å². The maximum absolute atomic E-state index is 5.38. The second-order valence-electron chi connectivity index (χ2n) is 7.32. The van der Waals surface area contributed by atoms with Crippen LogP contribution >= 0.6 is 0 Å². The van der Waals surface area contributed by atoms with Crippen molar-refractivity contribution in [3.63, 3.8) is 0 Å². The van der Waals surface area contributed by atoms with E-state index >= 15 is 0 Å². The van der Waals surface area contributed by atoms with Gasteiger partial charge in [-0.05, 0) is 39.3 Å². The summed E-state index contributed by atoms with van der Waals surface area (Å²) in [6.45, 7) is 12.8. The van der Waals surface area contributed by atoms with Gasteiger partial charge in [-0.2, -0.15) is 0 Å². The molecule has 1 aromatic carbocycles. The van der Waals surface area contributed by atoms with Gasteiger partial charge in [-0.15, -0.1) is 0 Å². The predicted octanol–water partition coefficient (Wildman–Crippen LogP) is 2.35. The predicted molar refractivity (Wildman–Crippen MR) is 118 cm³/mol. The zero-order valence-electron chi connectivity index (χ0n) is 18.0. The Morgan fingerprint density at radius 1 is 1.14 bits per heavy atom. The first kappa shape index (κ1) is 22.7. The quantitative estimate of drug-likeness (QED) is 0.346. The summed E-state index contributed by atoms with van der Waals surface area (Å²) in [7, 11) is 2.22. The molecule has 1 saturated heterocycles. The molecule has 158 valence electrons. The van der Waals surface area contributed by atoms with Crippen molar-refractivity contribution in [2.45, 2.75) is 32.7 Å². The molecule has 1 aromatic rings. The van der Waals surface area contributed by atoms with E-state index in [-0.39, 0.29) is 0 Å². The number of nitrogens with one attached hydrogen (secondary N) is 2. The minimum atomic E-state index is 0.486. The number of nitrogens with zero attached hydrogens (tertiary/aromatic N) is 3. The zero-order chi connectivity index (χ0) is 20.0. The first-order chi connectivity index (χ1) is 13.7. The van der Waals surface area contributed by atoms with Crippen LogP contribution in [-0.4, -0.2) is 81.8 Å². The van der Waals surface area contributed by atoms with Crippen molar-refractivity contribution in [2.75, 3.05) is 66.1 Å². The van der Waals surface area contributed by atoms with Gasteiger partial charge in [-0.1, -0.05) is 30.3 Å². The first-order valence-corrected chi connectivity index (χ1v) is 10.8. The zero-order valence-corrected chi connectivity index (χ0v) is 18.0. The number of rotatable bonds is 11. The lowest BCUT2D eigenvalue weighted by molar-refractivity contribution is 0.0891. The highest BCUT2D eigenvalue weighted by atomic mass is 16.5. The number of piperazine rings is 1. The topological polar surface area (TPSA) is 52.1 Å². The lowest BCUT2D eigenvalue weighted by atomic mass is 10.0. The fraction of sp³-hybridized carbons (Fsp3) is 0.682. The Balaban J connectivity index is 1.77. The van der Waals surface area contributed by atoms with E-state index < -0.39 is 0 Å². The molecule has 1 heterocycles. The van der Waals surface area contributed by atoms with Crippen molar-refractivity contribution in [1.82, 2.24) is 20.4 Å². The Bertz CT molecular complexity index is 551. The number of ether oxygens (including phenoxy) is 1. The smallest absolute Gasteiger partial charge is 0.191 e. The third-order valence-electron chi connectivity index (χ3n) is 5.06. The number of guanidine groups is 1. The molecule has 2 rings (SSSR count). The Morgan fingerprint density at radius 3 is 2.71 bits per heavy atom. The highest BCUT2D eigenvalue weighted by molar-refractivity contribution is 5.79. The largest absolute Gasteiger partial charge is 0.382 e. The van der Waals surface area contributed by atoms with Crippen LogP contribution in [0.3, 0.4) is 0 Å². The molecular formula is C22H39N5O. The average Bonchev–Trinajstić information content (AvgIpc) is 2.72. The van der Waals surface area contributed by atoms with Crippen LogP contribution in [0.5, 0.6) is 0 Å². The summed E-state index contributed by atoms with van der Waals surface area (Å²) in [5.74, 6) is 0.914. The van der Waals surface area contributed by atoms with Crippen LogP contribution in [0.15, 0.2) is 35.3 Å². The highest BCUT2D eigenvalue weighted by Crippen LogP contribution is 2.24. The lowest BCUT2D eigenvalue weighted by Gasteiger charge is -2.40. The summed E-state index contributed by atoms with van der Waals surface area (Å²) in [6.07, 6.45) is 2.07. The summed E-state index contributed by atoms with van der Waals surface area (Å²) in [6, 6.07) is 11.4. The van der Waals surface area contributed by atoms with Crippen molar-refractivity contribution >= 4 is 5.96 Å². The molecule has 1 fully saturated rings. The van der Waals surface area contributed by atoms with Crippen molar-refractivity contribution in [3.05, 3.63) is 35.9 Å². The van der Waals surface area contributed by atoms with Gasteiger partial charge in [0.2, 0.25) is 0 Å². The van der Waals surface area contributed by atoms with E-state index in [1.165, 1.54) is 5.56 Å². The summed E-state index contributed by atoms with van der Waals surface area (Å²) in [4.78, 5) is 9.70. The Morgan fingerprint density at radius 2 is 1.96 bits per heavy atom. The monoisotopic (exact) mass is 389 g/mol. The van der Waals surface area contributed by atoms with Crippen molar-refractivity contribution in [1.29, 1.82) is 0 Å². The third kappa shape index (κ3) is 8.17. The second-order valence-corrected chi connectivity index (χ2v) is 7.32. The molecule has 6 nitrogen and oxygen atoms in total. The molecule has 1 unspecified atom stereocenters. The molecule has 0 radical (unpaired) electrons. The summed E-state index contributed by atoms with van der Waals surface area (Å²) in [5, 5.41) is 6.81. The molecule has 1 aliphatic rings. The molecule has 2 N–H and O–H groups in total. The van der Waals surface area contributed by atoms with Crippen LogP contribution in [0, 0.1) is 0 Å². The molecule has 0 bridgehead atoms. The molecule has 0 saturated carbocycles. The van der Waals surface area contributed by atoms with Gasteiger partial charge in [0.05, 0.1) is 0 Å². The number of aliphatic imine (C=N–C) groups is 1. The number of benzene rings is 1. The average molecular weight is 390 g/mol. The fourth-order valence-electron chi connectivity index (χ4n) is 3.55. The Hall–Kier alpha value is -1.63. The number of likely N-dealkylation sites (N-methyl/N-ethyl adjacent to an activating group) is 1. The van der Waals surface area contributed by atoms with E-state index in [1.54, 1.807) is 0 Å². The maximum atomic E-state index is 5.38. The van der Waals surface area contributed by atoms with Gasteiger partial charge in [-0.3, -0.25) is 9.89 Å². The highest BCUT2D eigenvalue weighted by Gasteiger charge is 2.25. The van der Waals surface area contributed by atoms with Gasteiger partial charge >= 0.3 is 0 Å². The Labute approximate surface area is 171 Å². The normalized spacial score (nSPS) is 19.0. The fourth-order valence-corrected chi connectivity index (χ4v) is 3.55. The molecule has 0 aliphatic carbocycles. The minimum Gasteiger partial charge on any atom is -0.382 e. The summed E-state index contributed by atoms with van der Waals surface area (Å²) in [5.41, 5.74) is 1.42. The SMILES string of the molecule is CCNC(=NCCCOCC)NCCCN1CCN(C)CC1c1ccccc1. The van der Waals surface area contributed by atoms with Crippen LogP contribution in [-0.2, 0) is 4.74 Å². The van der Waals surface area contributed by atoms with E-state index in [9.17, 15) is 0 Å². The molecule has 1 atom stereocenters. The standard InChI is InChI=1S/C22H39N5O/c1-4-23-22(25-14-10-18-28-5-2)24-13-9-15-27-17-16-26(3)19-21(27)20-11-7-6-8-12-20/h6-8,11-12,21H,4-5,9-10,13-19H2,1-3H3,(H2,23,24,25). The first-order valence-electron chi connectivity index (χ1n) is 10.8. The van der Waals surface area contributed by atoms with E-state index in [0.717, 1.165) is 77.8 Å². The Kier molecular flexibility index (Phi) is 10.9. The van der Waals surface area contributed by atoms with Gasteiger partial charge in [-0.25, -0.2) is 0 Å². The van der Waals surface area contributed by atoms with Crippen LogP contribution in [0.4, 0.5) is 0 Å². The van der Waals surface area contributed by atoms with E-state index in [2.05, 4.69) is 69.7 Å². The molecule has 28 heavy (non-hydrogen) atoms. The lowest BCUT2D eigenvalue weighted by Crippen LogP contribution is -2.47.